The summed E-state index contributed by atoms with van der Waals surface area (Å²) in [6, 6.07) is 4.31. The van der Waals surface area contributed by atoms with Crippen molar-refractivity contribution in [3.63, 3.8) is 0 Å². The Morgan fingerprint density at radius 3 is 2.84 bits per heavy atom. The average molecular weight is 276 g/mol. The van der Waals surface area contributed by atoms with Crippen molar-refractivity contribution in [2.24, 2.45) is 0 Å². The number of hydrogen-bond donors (Lipinski definition) is 2. The summed E-state index contributed by atoms with van der Waals surface area (Å²) < 4.78 is 0. The molecule has 102 valence electrons. The van der Waals surface area contributed by atoms with Crippen molar-refractivity contribution in [3.05, 3.63) is 34.9 Å². The second kappa shape index (κ2) is 7.09. The summed E-state index contributed by atoms with van der Waals surface area (Å²) >= 11 is 1.69. The molecule has 0 amide bonds. The molecule has 2 aromatic rings. The third-order valence-corrected chi connectivity index (χ3v) is 3.70. The van der Waals surface area contributed by atoms with Gasteiger partial charge in [-0.25, -0.2) is 9.97 Å². The first-order valence-electron chi connectivity index (χ1n) is 6.69. The molecule has 2 rings (SSSR count). The molecule has 0 aliphatic rings. The van der Waals surface area contributed by atoms with E-state index in [1.807, 2.05) is 29.9 Å². The van der Waals surface area contributed by atoms with Crippen molar-refractivity contribution >= 4 is 22.8 Å². The minimum absolute atomic E-state index is 0.265. The first-order valence-corrected chi connectivity index (χ1v) is 7.57. The average Bonchev–Trinajstić information content (AvgIpc) is 2.97. The number of nitrogens with one attached hydrogen (secondary N) is 2. The molecular weight excluding hydrogens is 256 g/mol. The standard InChI is InChI=1S/C14H20N4S/c1-3-6-15-13-10-11(5-7-16-13)18-12(4-2)14-17-8-9-19-14/h5,7-10,12H,3-4,6H2,1-2H3,(H2,15,16,18). The number of anilines is 2. The summed E-state index contributed by atoms with van der Waals surface area (Å²) in [6.07, 6.45) is 5.78. The van der Waals surface area contributed by atoms with Crippen molar-refractivity contribution in [1.82, 2.24) is 9.97 Å². The van der Waals surface area contributed by atoms with Crippen molar-refractivity contribution < 1.29 is 0 Å². The molecule has 0 aliphatic carbocycles. The van der Waals surface area contributed by atoms with Crippen LogP contribution in [0.2, 0.25) is 0 Å². The number of pyridine rings is 1. The zero-order chi connectivity index (χ0) is 13.5. The van der Waals surface area contributed by atoms with Crippen LogP contribution in [0.4, 0.5) is 11.5 Å². The Morgan fingerprint density at radius 1 is 1.26 bits per heavy atom. The smallest absolute Gasteiger partial charge is 0.127 e. The predicted octanol–water partition coefficient (Wildman–Crippen LogP) is 3.92. The van der Waals surface area contributed by atoms with Crippen LogP contribution in [0.3, 0.4) is 0 Å². The summed E-state index contributed by atoms with van der Waals surface area (Å²) in [5.74, 6) is 0.917. The van der Waals surface area contributed by atoms with E-state index in [1.54, 1.807) is 11.3 Å². The predicted molar refractivity (Wildman–Crippen MR) is 81.8 cm³/mol. The van der Waals surface area contributed by atoms with Gasteiger partial charge in [0.15, 0.2) is 0 Å². The Bertz CT molecular complexity index is 484. The summed E-state index contributed by atoms with van der Waals surface area (Å²) in [5, 5.41) is 9.95. The van der Waals surface area contributed by atoms with Crippen molar-refractivity contribution in [3.8, 4) is 0 Å². The molecule has 5 heteroatoms. The van der Waals surface area contributed by atoms with E-state index in [9.17, 15) is 0 Å². The van der Waals surface area contributed by atoms with Crippen LogP contribution in [0.25, 0.3) is 0 Å². The highest BCUT2D eigenvalue weighted by atomic mass is 32.1. The molecule has 4 nitrogen and oxygen atoms in total. The fourth-order valence-electron chi connectivity index (χ4n) is 1.82. The van der Waals surface area contributed by atoms with E-state index in [1.165, 1.54) is 0 Å². The SMILES string of the molecule is CCCNc1cc(NC(CC)c2nccs2)ccn1. The molecular formula is C14H20N4S. The van der Waals surface area contributed by atoms with E-state index in [0.717, 1.165) is 35.9 Å². The number of hydrogen-bond acceptors (Lipinski definition) is 5. The molecule has 0 fully saturated rings. The van der Waals surface area contributed by atoms with Gasteiger partial charge >= 0.3 is 0 Å². The van der Waals surface area contributed by atoms with E-state index >= 15 is 0 Å². The molecule has 0 saturated heterocycles. The van der Waals surface area contributed by atoms with Crippen LogP contribution >= 0.6 is 11.3 Å². The van der Waals surface area contributed by atoms with Gasteiger partial charge in [0.1, 0.15) is 10.8 Å². The van der Waals surface area contributed by atoms with Gasteiger partial charge in [-0.15, -0.1) is 11.3 Å². The molecule has 1 atom stereocenters. The van der Waals surface area contributed by atoms with Crippen LogP contribution in [-0.2, 0) is 0 Å². The maximum atomic E-state index is 4.38. The molecule has 19 heavy (non-hydrogen) atoms. The first kappa shape index (κ1) is 13.8. The molecule has 0 spiro atoms. The molecule has 2 aromatic heterocycles. The molecule has 0 bridgehead atoms. The van der Waals surface area contributed by atoms with Crippen LogP contribution in [0.1, 0.15) is 37.7 Å². The molecule has 2 heterocycles. The van der Waals surface area contributed by atoms with E-state index in [4.69, 9.17) is 0 Å². The fraction of sp³-hybridized carbons (Fsp3) is 0.429. The van der Waals surface area contributed by atoms with Gasteiger partial charge < -0.3 is 10.6 Å². The van der Waals surface area contributed by atoms with Crippen LogP contribution < -0.4 is 10.6 Å². The van der Waals surface area contributed by atoms with E-state index in [0.29, 0.717) is 0 Å². The number of nitrogens with zero attached hydrogens (tertiary/aromatic N) is 2. The third kappa shape index (κ3) is 3.92. The normalized spacial score (nSPS) is 12.1. The Hall–Kier alpha value is -1.62. The van der Waals surface area contributed by atoms with E-state index in [-0.39, 0.29) is 6.04 Å². The van der Waals surface area contributed by atoms with Crippen molar-refractivity contribution in [2.75, 3.05) is 17.2 Å². The van der Waals surface area contributed by atoms with Crippen LogP contribution in [0.5, 0.6) is 0 Å². The largest absolute Gasteiger partial charge is 0.376 e. The lowest BCUT2D eigenvalue weighted by atomic mass is 10.2. The Kier molecular flexibility index (Phi) is 5.15. The van der Waals surface area contributed by atoms with E-state index in [2.05, 4.69) is 34.4 Å². The molecule has 0 radical (unpaired) electrons. The quantitative estimate of drug-likeness (QED) is 0.804. The molecule has 2 N–H and O–H groups in total. The van der Waals surface area contributed by atoms with Crippen LogP contribution in [0, 0.1) is 0 Å². The van der Waals surface area contributed by atoms with Gasteiger partial charge in [0.2, 0.25) is 0 Å². The Labute approximate surface area is 118 Å². The molecule has 0 aliphatic heterocycles. The molecule has 1 unspecified atom stereocenters. The van der Waals surface area contributed by atoms with Gasteiger partial charge in [0, 0.05) is 36.1 Å². The molecule has 0 saturated carbocycles. The highest BCUT2D eigenvalue weighted by molar-refractivity contribution is 7.09. The van der Waals surface area contributed by atoms with Gasteiger partial charge in [-0.2, -0.15) is 0 Å². The number of aromatic nitrogens is 2. The minimum atomic E-state index is 0.265. The first-order chi connectivity index (χ1) is 9.33. The highest BCUT2D eigenvalue weighted by Crippen LogP contribution is 2.24. The summed E-state index contributed by atoms with van der Waals surface area (Å²) in [7, 11) is 0. The topological polar surface area (TPSA) is 49.8 Å². The van der Waals surface area contributed by atoms with Crippen molar-refractivity contribution in [2.45, 2.75) is 32.7 Å². The van der Waals surface area contributed by atoms with Crippen LogP contribution in [0.15, 0.2) is 29.9 Å². The summed E-state index contributed by atoms with van der Waals surface area (Å²) in [5.41, 5.74) is 1.08. The maximum Gasteiger partial charge on any atom is 0.127 e. The molecule has 0 aromatic carbocycles. The Morgan fingerprint density at radius 2 is 2.16 bits per heavy atom. The van der Waals surface area contributed by atoms with Gasteiger partial charge in [-0.3, -0.25) is 0 Å². The lowest BCUT2D eigenvalue weighted by Crippen LogP contribution is -2.10. The van der Waals surface area contributed by atoms with E-state index < -0.39 is 0 Å². The van der Waals surface area contributed by atoms with Gasteiger partial charge in [-0.05, 0) is 18.9 Å². The van der Waals surface area contributed by atoms with Crippen molar-refractivity contribution in [1.29, 1.82) is 0 Å². The lowest BCUT2D eigenvalue weighted by Gasteiger charge is -2.16. The second-order valence-electron chi connectivity index (χ2n) is 4.33. The number of thiazole rings is 1. The number of rotatable bonds is 7. The Balaban J connectivity index is 2.05. The van der Waals surface area contributed by atoms with Crippen LogP contribution in [-0.4, -0.2) is 16.5 Å². The zero-order valence-electron chi connectivity index (χ0n) is 11.4. The van der Waals surface area contributed by atoms with Gasteiger partial charge in [0.05, 0.1) is 6.04 Å². The minimum Gasteiger partial charge on any atom is -0.376 e. The summed E-state index contributed by atoms with van der Waals surface area (Å²) in [6.45, 7) is 5.25. The maximum absolute atomic E-state index is 4.38. The lowest BCUT2D eigenvalue weighted by molar-refractivity contribution is 0.742. The van der Waals surface area contributed by atoms with Gasteiger partial charge in [-0.1, -0.05) is 13.8 Å². The monoisotopic (exact) mass is 276 g/mol. The van der Waals surface area contributed by atoms with Gasteiger partial charge in [0.25, 0.3) is 0 Å². The summed E-state index contributed by atoms with van der Waals surface area (Å²) in [4.78, 5) is 8.69. The second-order valence-corrected chi connectivity index (χ2v) is 5.26. The highest BCUT2D eigenvalue weighted by Gasteiger charge is 2.11. The third-order valence-electron chi connectivity index (χ3n) is 2.81. The fourth-order valence-corrected chi connectivity index (χ4v) is 2.59. The zero-order valence-corrected chi connectivity index (χ0v) is 12.2.